The molecule has 1 saturated heterocycles. The molecule has 1 aliphatic rings. The Morgan fingerprint density at radius 1 is 1.50 bits per heavy atom. The average molecular weight is 388 g/mol. The number of hydrogen-bond acceptors (Lipinski definition) is 5. The summed E-state index contributed by atoms with van der Waals surface area (Å²) >= 11 is 7.48. The van der Waals surface area contributed by atoms with Crippen molar-refractivity contribution >= 4 is 46.4 Å². The minimum atomic E-state index is -0.0448. The van der Waals surface area contributed by atoms with Crippen LogP contribution in [0.3, 0.4) is 0 Å². The number of carbonyl (C=O) groups excluding carboxylic acids is 1. The van der Waals surface area contributed by atoms with Gasteiger partial charge in [0.15, 0.2) is 5.13 Å². The average Bonchev–Trinajstić information content (AvgIpc) is 2.95. The number of morpholine rings is 1. The number of carbonyl (C=O) groups is 1. The number of amides is 1. The van der Waals surface area contributed by atoms with E-state index in [4.69, 9.17) is 16.3 Å². The normalized spacial score (nSPS) is 17.1. The van der Waals surface area contributed by atoms with Gasteiger partial charge in [-0.1, -0.05) is 23.7 Å². The molecule has 8 heteroatoms. The van der Waals surface area contributed by atoms with Crippen molar-refractivity contribution in [2.45, 2.75) is 18.9 Å². The van der Waals surface area contributed by atoms with Crippen LogP contribution >= 0.6 is 35.3 Å². The molecule has 1 aromatic heterocycles. The first-order valence-corrected chi connectivity index (χ1v) is 8.68. The summed E-state index contributed by atoms with van der Waals surface area (Å²) < 4.78 is 5.35. The standard InChI is InChI=1S/C16H18ClN3O2S.ClH/c17-12-3-1-2-11(6-12)7-14-9-19-16(23-14)20-15(21)8-13-10-22-5-4-18-13;/h1-3,6,9,13,18H,4-5,7-8,10H2,(H,19,20,21);1H. The predicted octanol–water partition coefficient (Wildman–Crippen LogP) is 3.13. The highest BCUT2D eigenvalue weighted by Crippen LogP contribution is 2.22. The smallest absolute Gasteiger partial charge is 0.227 e. The maximum absolute atomic E-state index is 12.0. The van der Waals surface area contributed by atoms with Gasteiger partial charge >= 0.3 is 0 Å². The van der Waals surface area contributed by atoms with Crippen LogP contribution in [-0.4, -0.2) is 36.7 Å². The van der Waals surface area contributed by atoms with Gasteiger partial charge in [-0.15, -0.1) is 23.7 Å². The van der Waals surface area contributed by atoms with Gasteiger partial charge in [-0.25, -0.2) is 4.98 Å². The summed E-state index contributed by atoms with van der Waals surface area (Å²) in [6.07, 6.45) is 2.94. The van der Waals surface area contributed by atoms with Crippen molar-refractivity contribution in [3.05, 3.63) is 45.9 Å². The molecule has 24 heavy (non-hydrogen) atoms. The maximum Gasteiger partial charge on any atom is 0.227 e. The first-order valence-electron chi connectivity index (χ1n) is 7.49. The van der Waals surface area contributed by atoms with E-state index in [0.717, 1.165) is 28.4 Å². The highest BCUT2D eigenvalue weighted by atomic mass is 35.5. The zero-order chi connectivity index (χ0) is 16.1. The molecule has 1 unspecified atom stereocenters. The fraction of sp³-hybridized carbons (Fsp3) is 0.375. The lowest BCUT2D eigenvalue weighted by atomic mass is 10.1. The SMILES string of the molecule is Cl.O=C(CC1COCCN1)Nc1ncc(Cc2cccc(Cl)c2)s1. The molecule has 3 rings (SSSR count). The molecule has 1 aromatic carbocycles. The second-order valence-corrected chi connectivity index (χ2v) is 6.97. The largest absolute Gasteiger partial charge is 0.378 e. The minimum absolute atomic E-state index is 0. The Labute approximate surface area is 156 Å². The summed E-state index contributed by atoms with van der Waals surface area (Å²) in [7, 11) is 0. The quantitative estimate of drug-likeness (QED) is 0.826. The van der Waals surface area contributed by atoms with Crippen molar-refractivity contribution in [1.29, 1.82) is 0 Å². The Balaban J connectivity index is 0.00000208. The molecular weight excluding hydrogens is 369 g/mol. The molecule has 1 aliphatic heterocycles. The summed E-state index contributed by atoms with van der Waals surface area (Å²) in [5.74, 6) is -0.0448. The lowest BCUT2D eigenvalue weighted by molar-refractivity contribution is -0.117. The van der Waals surface area contributed by atoms with Crippen LogP contribution in [0.5, 0.6) is 0 Å². The molecule has 5 nitrogen and oxygen atoms in total. The fourth-order valence-corrected chi connectivity index (χ4v) is 3.52. The van der Waals surface area contributed by atoms with E-state index in [1.165, 1.54) is 11.3 Å². The van der Waals surface area contributed by atoms with Gasteiger partial charge in [-0.05, 0) is 17.7 Å². The van der Waals surface area contributed by atoms with Crippen molar-refractivity contribution in [2.24, 2.45) is 0 Å². The fourth-order valence-electron chi connectivity index (χ4n) is 2.44. The van der Waals surface area contributed by atoms with Crippen LogP contribution in [0.2, 0.25) is 5.02 Å². The molecular formula is C16H19Cl2N3O2S. The summed E-state index contributed by atoms with van der Waals surface area (Å²) in [6.45, 7) is 2.07. The summed E-state index contributed by atoms with van der Waals surface area (Å²) in [5.41, 5.74) is 1.13. The van der Waals surface area contributed by atoms with Gasteiger partial charge in [0.05, 0.1) is 13.2 Å². The number of halogens is 2. The number of aromatic nitrogens is 1. The summed E-state index contributed by atoms with van der Waals surface area (Å²) in [6, 6.07) is 7.83. The van der Waals surface area contributed by atoms with Crippen LogP contribution in [-0.2, 0) is 16.0 Å². The minimum Gasteiger partial charge on any atom is -0.378 e. The van der Waals surface area contributed by atoms with E-state index < -0.39 is 0 Å². The number of thiazole rings is 1. The third-order valence-electron chi connectivity index (χ3n) is 3.50. The Morgan fingerprint density at radius 2 is 2.38 bits per heavy atom. The number of hydrogen-bond donors (Lipinski definition) is 2. The third-order valence-corrected chi connectivity index (χ3v) is 4.65. The molecule has 2 aromatic rings. The molecule has 1 fully saturated rings. The van der Waals surface area contributed by atoms with E-state index in [1.54, 1.807) is 6.20 Å². The van der Waals surface area contributed by atoms with Crippen LogP contribution in [0.15, 0.2) is 30.5 Å². The van der Waals surface area contributed by atoms with Crippen LogP contribution in [0, 0.1) is 0 Å². The lowest BCUT2D eigenvalue weighted by Gasteiger charge is -2.22. The Hall–Kier alpha value is -1.18. The highest BCUT2D eigenvalue weighted by molar-refractivity contribution is 7.15. The van der Waals surface area contributed by atoms with Crippen molar-refractivity contribution in [2.75, 3.05) is 25.1 Å². The van der Waals surface area contributed by atoms with Gasteiger partial charge in [-0.3, -0.25) is 4.79 Å². The Bertz CT molecular complexity index is 675. The molecule has 130 valence electrons. The van der Waals surface area contributed by atoms with E-state index in [9.17, 15) is 4.79 Å². The molecule has 2 heterocycles. The van der Waals surface area contributed by atoms with Crippen molar-refractivity contribution in [3.63, 3.8) is 0 Å². The topological polar surface area (TPSA) is 63.2 Å². The molecule has 0 aliphatic carbocycles. The van der Waals surface area contributed by atoms with E-state index >= 15 is 0 Å². The van der Waals surface area contributed by atoms with Crippen molar-refractivity contribution < 1.29 is 9.53 Å². The zero-order valence-electron chi connectivity index (χ0n) is 13.0. The van der Waals surface area contributed by atoms with Crippen LogP contribution in [0.4, 0.5) is 5.13 Å². The monoisotopic (exact) mass is 387 g/mol. The number of nitrogens with one attached hydrogen (secondary N) is 2. The van der Waals surface area contributed by atoms with Gasteiger partial charge in [0.1, 0.15) is 0 Å². The van der Waals surface area contributed by atoms with Crippen LogP contribution < -0.4 is 10.6 Å². The number of rotatable bonds is 5. The first kappa shape index (κ1) is 19.1. The van der Waals surface area contributed by atoms with Crippen molar-refractivity contribution in [1.82, 2.24) is 10.3 Å². The van der Waals surface area contributed by atoms with Gasteiger partial charge in [0.2, 0.25) is 5.91 Å². The predicted molar refractivity (Wildman–Crippen MR) is 99.5 cm³/mol. The Morgan fingerprint density at radius 3 is 3.12 bits per heavy atom. The number of benzene rings is 1. The van der Waals surface area contributed by atoms with Gasteiger partial charge < -0.3 is 15.4 Å². The Kier molecular flexibility index (Phi) is 7.45. The molecule has 1 atom stereocenters. The lowest BCUT2D eigenvalue weighted by Crippen LogP contribution is -2.43. The van der Waals surface area contributed by atoms with Gasteiger partial charge in [-0.2, -0.15) is 0 Å². The van der Waals surface area contributed by atoms with Crippen LogP contribution in [0.25, 0.3) is 0 Å². The summed E-state index contributed by atoms with van der Waals surface area (Å²) in [4.78, 5) is 17.4. The molecule has 0 bridgehead atoms. The third kappa shape index (κ3) is 5.72. The molecule has 0 radical (unpaired) electrons. The van der Waals surface area contributed by atoms with E-state index in [-0.39, 0.29) is 24.4 Å². The number of ether oxygens (including phenoxy) is 1. The van der Waals surface area contributed by atoms with Crippen LogP contribution in [0.1, 0.15) is 16.9 Å². The number of nitrogens with zero attached hydrogens (tertiary/aromatic N) is 1. The summed E-state index contributed by atoms with van der Waals surface area (Å²) in [5, 5.41) is 7.47. The van der Waals surface area contributed by atoms with Crippen molar-refractivity contribution in [3.8, 4) is 0 Å². The second-order valence-electron chi connectivity index (χ2n) is 5.42. The van der Waals surface area contributed by atoms with Gasteiger partial charge in [0, 0.05) is 41.5 Å². The first-order chi connectivity index (χ1) is 11.2. The second kappa shape index (κ2) is 9.34. The molecule has 1 amide bonds. The molecule has 0 saturated carbocycles. The maximum atomic E-state index is 12.0. The van der Waals surface area contributed by atoms with E-state index in [0.29, 0.717) is 24.8 Å². The molecule has 2 N–H and O–H groups in total. The van der Waals surface area contributed by atoms with Gasteiger partial charge in [0.25, 0.3) is 0 Å². The number of anilines is 1. The molecule has 0 spiro atoms. The zero-order valence-corrected chi connectivity index (χ0v) is 15.3. The highest BCUT2D eigenvalue weighted by Gasteiger charge is 2.17. The van der Waals surface area contributed by atoms with E-state index in [2.05, 4.69) is 15.6 Å². The van der Waals surface area contributed by atoms with E-state index in [1.807, 2.05) is 24.3 Å².